The lowest BCUT2D eigenvalue weighted by atomic mass is 10.1. The zero-order chi connectivity index (χ0) is 15.9. The molecule has 2 aromatic carbocycles. The molecular formula is C16H14BrN3O2. The summed E-state index contributed by atoms with van der Waals surface area (Å²) in [5.41, 5.74) is 9.06. The molecule has 0 radical (unpaired) electrons. The summed E-state index contributed by atoms with van der Waals surface area (Å²) in [5.74, 6) is -0.360. The lowest BCUT2D eigenvalue weighted by Crippen LogP contribution is -2.24. The van der Waals surface area contributed by atoms with Crippen molar-refractivity contribution >= 4 is 27.6 Å². The molecule has 0 spiro atoms. The van der Waals surface area contributed by atoms with Gasteiger partial charge >= 0.3 is 5.97 Å². The number of carbonyl (C=O) groups excluding carboxylic acids is 1. The number of carbonyl (C=O) groups is 1. The van der Waals surface area contributed by atoms with Gasteiger partial charge in [-0.3, -0.25) is 9.98 Å². The lowest BCUT2D eigenvalue weighted by molar-refractivity contribution is 0.0600. The van der Waals surface area contributed by atoms with Gasteiger partial charge in [0.25, 0.3) is 0 Å². The van der Waals surface area contributed by atoms with Crippen molar-refractivity contribution in [3.63, 3.8) is 0 Å². The Morgan fingerprint density at radius 3 is 2.59 bits per heavy atom. The van der Waals surface area contributed by atoms with Gasteiger partial charge in [-0.15, -0.1) is 0 Å². The maximum atomic E-state index is 11.5. The van der Waals surface area contributed by atoms with Crippen LogP contribution in [-0.2, 0) is 4.74 Å². The summed E-state index contributed by atoms with van der Waals surface area (Å²) in [5, 5.41) is 1.59. The highest BCUT2D eigenvalue weighted by atomic mass is 79.9. The second-order valence-electron chi connectivity index (χ2n) is 5.03. The fourth-order valence-corrected chi connectivity index (χ4v) is 2.94. The number of nitrogens with zero attached hydrogens (tertiary/aromatic N) is 2. The monoisotopic (exact) mass is 359 g/mol. The first-order valence-electron chi connectivity index (χ1n) is 6.70. The van der Waals surface area contributed by atoms with Gasteiger partial charge in [-0.05, 0) is 52.2 Å². The number of nitrogen functional groups attached to an aromatic ring is 1. The molecule has 1 aliphatic rings. The van der Waals surface area contributed by atoms with E-state index in [1.54, 1.807) is 12.1 Å². The summed E-state index contributed by atoms with van der Waals surface area (Å²) in [4.78, 5) is 20.7. The number of hydrogen-bond acceptors (Lipinski definition) is 5. The van der Waals surface area contributed by atoms with Crippen LogP contribution >= 0.6 is 15.9 Å². The van der Waals surface area contributed by atoms with Crippen molar-refractivity contribution in [2.75, 3.05) is 12.8 Å². The van der Waals surface area contributed by atoms with E-state index in [-0.39, 0.29) is 12.1 Å². The maximum Gasteiger partial charge on any atom is 0.337 e. The van der Waals surface area contributed by atoms with E-state index in [1.165, 1.54) is 7.11 Å². The van der Waals surface area contributed by atoms with Crippen LogP contribution in [0, 0.1) is 6.92 Å². The molecule has 0 fully saturated rings. The molecule has 112 valence electrons. The fraction of sp³-hybridized carbons (Fsp3) is 0.188. The molecular weight excluding hydrogens is 346 g/mol. The quantitative estimate of drug-likeness (QED) is 0.658. The van der Waals surface area contributed by atoms with Crippen LogP contribution in [0.1, 0.15) is 27.7 Å². The number of anilines is 1. The van der Waals surface area contributed by atoms with Gasteiger partial charge in [0.2, 0.25) is 0 Å². The van der Waals surface area contributed by atoms with Crippen LogP contribution in [0.3, 0.4) is 0 Å². The molecule has 0 aliphatic carbocycles. The highest BCUT2D eigenvalue weighted by molar-refractivity contribution is 9.10. The number of rotatable bonds is 2. The molecule has 0 amide bonds. The summed E-state index contributed by atoms with van der Waals surface area (Å²) in [6.45, 7) is 1.94. The predicted octanol–water partition coefficient (Wildman–Crippen LogP) is 2.08. The van der Waals surface area contributed by atoms with E-state index in [0.717, 1.165) is 26.3 Å². The number of nitrogens with two attached hydrogens (primary N) is 1. The van der Waals surface area contributed by atoms with E-state index in [2.05, 4.69) is 30.7 Å². The van der Waals surface area contributed by atoms with Crippen LogP contribution in [-0.4, -0.2) is 13.1 Å². The Hall–Kier alpha value is -2.21. The third kappa shape index (κ3) is 2.39. The van der Waals surface area contributed by atoms with Crippen LogP contribution < -0.4 is 16.4 Å². The largest absolute Gasteiger partial charge is 0.465 e. The van der Waals surface area contributed by atoms with Crippen molar-refractivity contribution in [2.45, 2.75) is 13.1 Å². The van der Waals surface area contributed by atoms with E-state index in [0.29, 0.717) is 11.3 Å². The summed E-state index contributed by atoms with van der Waals surface area (Å²) in [6, 6.07) is 9.02. The Bertz CT molecular complexity index is 876. The molecule has 0 aromatic heterocycles. The second-order valence-corrected chi connectivity index (χ2v) is 5.83. The Balaban J connectivity index is 2.01. The summed E-state index contributed by atoms with van der Waals surface area (Å²) in [7, 11) is 1.36. The molecule has 2 aromatic rings. The molecule has 0 bridgehead atoms. The average Bonchev–Trinajstić information content (AvgIpc) is 2.96. The number of ether oxygens (including phenoxy) is 1. The van der Waals surface area contributed by atoms with Crippen LogP contribution in [0.5, 0.6) is 0 Å². The molecule has 2 N–H and O–H groups in total. The normalized spacial score (nSPS) is 15.7. The van der Waals surface area contributed by atoms with Gasteiger partial charge in [-0.1, -0.05) is 12.1 Å². The van der Waals surface area contributed by atoms with Gasteiger partial charge in [0, 0.05) is 0 Å². The van der Waals surface area contributed by atoms with Crippen molar-refractivity contribution in [1.82, 2.24) is 0 Å². The molecule has 1 heterocycles. The van der Waals surface area contributed by atoms with Gasteiger partial charge in [0.1, 0.15) is 5.36 Å². The Morgan fingerprint density at radius 1 is 1.27 bits per heavy atom. The van der Waals surface area contributed by atoms with Gasteiger partial charge in [-0.25, -0.2) is 4.79 Å². The first-order valence-corrected chi connectivity index (χ1v) is 7.49. The van der Waals surface area contributed by atoms with Crippen LogP contribution in [0.25, 0.3) is 0 Å². The Labute approximate surface area is 135 Å². The topological polar surface area (TPSA) is 77.0 Å². The number of benzene rings is 2. The molecule has 22 heavy (non-hydrogen) atoms. The van der Waals surface area contributed by atoms with Crippen molar-refractivity contribution < 1.29 is 9.53 Å². The van der Waals surface area contributed by atoms with Crippen LogP contribution in [0.4, 0.5) is 5.69 Å². The van der Waals surface area contributed by atoms with Gasteiger partial charge in [-0.2, -0.15) is 0 Å². The Kier molecular flexibility index (Phi) is 3.70. The maximum absolute atomic E-state index is 11.5. The molecule has 0 saturated heterocycles. The standard InChI is InChI=1S/C16H14BrN3O2/c1-8-7-11-14(12(17)13(8)18)20-15(19-11)9-3-5-10(6-4-9)16(21)22-2/h3-7,15H,18H2,1-2H3. The molecule has 0 saturated carbocycles. The zero-order valence-electron chi connectivity index (χ0n) is 12.1. The number of hydrogen-bond donors (Lipinski definition) is 1. The van der Waals surface area contributed by atoms with E-state index in [1.807, 2.05) is 25.1 Å². The SMILES string of the molecule is COC(=O)c1ccc(C2N=c3cc(C)c(N)c(Br)c3=N2)cc1. The predicted molar refractivity (Wildman–Crippen MR) is 86.1 cm³/mol. The summed E-state index contributed by atoms with van der Waals surface area (Å²) < 4.78 is 5.47. The number of methoxy groups -OCH3 is 1. The van der Waals surface area contributed by atoms with Crippen molar-refractivity contribution in [1.29, 1.82) is 0 Å². The molecule has 1 unspecified atom stereocenters. The third-order valence-corrected chi connectivity index (χ3v) is 4.41. The van der Waals surface area contributed by atoms with Crippen molar-refractivity contribution in [2.24, 2.45) is 9.98 Å². The van der Waals surface area contributed by atoms with E-state index >= 15 is 0 Å². The highest BCUT2D eigenvalue weighted by Crippen LogP contribution is 2.23. The smallest absolute Gasteiger partial charge is 0.337 e. The lowest BCUT2D eigenvalue weighted by Gasteiger charge is -2.05. The number of halogens is 1. The molecule has 1 atom stereocenters. The zero-order valence-corrected chi connectivity index (χ0v) is 13.7. The molecule has 6 heteroatoms. The average molecular weight is 360 g/mol. The van der Waals surface area contributed by atoms with Gasteiger partial charge < -0.3 is 10.5 Å². The van der Waals surface area contributed by atoms with E-state index < -0.39 is 0 Å². The Morgan fingerprint density at radius 2 is 1.95 bits per heavy atom. The number of fused-ring (bicyclic) bond motifs is 1. The molecule has 5 nitrogen and oxygen atoms in total. The fourth-order valence-electron chi connectivity index (χ4n) is 2.33. The van der Waals surface area contributed by atoms with E-state index in [4.69, 9.17) is 5.73 Å². The van der Waals surface area contributed by atoms with Crippen molar-refractivity contribution in [3.8, 4) is 0 Å². The minimum atomic E-state index is -0.360. The van der Waals surface area contributed by atoms with Crippen LogP contribution in [0.2, 0.25) is 0 Å². The summed E-state index contributed by atoms with van der Waals surface area (Å²) in [6.07, 6.45) is -0.320. The minimum Gasteiger partial charge on any atom is -0.465 e. The minimum absolute atomic E-state index is 0.320. The van der Waals surface area contributed by atoms with Crippen LogP contribution in [0.15, 0.2) is 44.8 Å². The van der Waals surface area contributed by atoms with Gasteiger partial charge in [0.05, 0.1) is 28.2 Å². The number of esters is 1. The first-order chi connectivity index (χ1) is 10.5. The highest BCUT2D eigenvalue weighted by Gasteiger charge is 2.17. The first kappa shape index (κ1) is 14.7. The van der Waals surface area contributed by atoms with Gasteiger partial charge in [0.15, 0.2) is 6.17 Å². The number of aryl methyl sites for hydroxylation is 1. The van der Waals surface area contributed by atoms with Crippen molar-refractivity contribution in [3.05, 3.63) is 62.2 Å². The molecule has 3 rings (SSSR count). The third-order valence-electron chi connectivity index (χ3n) is 3.61. The van der Waals surface area contributed by atoms with E-state index in [9.17, 15) is 4.79 Å². The molecule has 1 aliphatic heterocycles. The second kappa shape index (κ2) is 5.53. The summed E-state index contributed by atoms with van der Waals surface area (Å²) >= 11 is 3.48.